The van der Waals surface area contributed by atoms with E-state index in [1.54, 1.807) is 19.0 Å². The van der Waals surface area contributed by atoms with E-state index in [2.05, 4.69) is 29.1 Å². The molecule has 1 aliphatic rings. The molecule has 2 rings (SSSR count). The Bertz CT molecular complexity index is 575. The van der Waals surface area contributed by atoms with Crippen LogP contribution in [0.15, 0.2) is 29.3 Å². The highest BCUT2D eigenvalue weighted by Gasteiger charge is 2.30. The van der Waals surface area contributed by atoms with Crippen molar-refractivity contribution >= 4 is 11.9 Å². The molecule has 5 heteroatoms. The second kappa shape index (κ2) is 7.02. The van der Waals surface area contributed by atoms with Gasteiger partial charge in [-0.05, 0) is 29.5 Å². The number of benzene rings is 1. The normalized spacial score (nSPS) is 17.3. The number of carbonyl (C=O) groups is 1. The summed E-state index contributed by atoms with van der Waals surface area (Å²) in [7, 11) is 5.35. The molecule has 0 aliphatic carbocycles. The van der Waals surface area contributed by atoms with Crippen LogP contribution < -0.4 is 5.32 Å². The van der Waals surface area contributed by atoms with Crippen molar-refractivity contribution in [3.8, 4) is 0 Å². The van der Waals surface area contributed by atoms with Crippen molar-refractivity contribution in [1.29, 1.82) is 0 Å². The molecule has 1 aromatic rings. The van der Waals surface area contributed by atoms with E-state index >= 15 is 0 Å². The maximum absolute atomic E-state index is 11.9. The molecular formula is C18H28N4O. The lowest BCUT2D eigenvalue weighted by Gasteiger charge is -2.23. The van der Waals surface area contributed by atoms with Crippen LogP contribution in [-0.4, -0.2) is 55.9 Å². The number of carbonyl (C=O) groups excluding carboxylic acids is 1. The van der Waals surface area contributed by atoms with E-state index in [4.69, 9.17) is 0 Å². The first-order valence-electron chi connectivity index (χ1n) is 8.08. The molecule has 0 bridgehead atoms. The summed E-state index contributed by atoms with van der Waals surface area (Å²) in [6, 6.07) is 7.73. The zero-order chi connectivity index (χ0) is 17.0. The van der Waals surface area contributed by atoms with E-state index in [1.807, 2.05) is 31.3 Å². The number of hydrogen-bond acceptors (Lipinski definition) is 2. The highest BCUT2D eigenvalue weighted by atomic mass is 16.2. The summed E-state index contributed by atoms with van der Waals surface area (Å²) in [5, 5.41) is 3.42. The van der Waals surface area contributed by atoms with Gasteiger partial charge in [-0.3, -0.25) is 9.79 Å². The van der Waals surface area contributed by atoms with E-state index in [1.165, 1.54) is 6.42 Å². The molecule has 0 saturated carbocycles. The average molecular weight is 316 g/mol. The standard InChI is InChI=1S/C18H28N4O/c1-18(2)10-11-22(13-18)17(19-3)20-12-14-6-8-15(9-7-14)16(23)21(4)5/h6-9H,10-13H2,1-5H3,(H,19,20). The maximum Gasteiger partial charge on any atom is 0.253 e. The van der Waals surface area contributed by atoms with Gasteiger partial charge in [0.2, 0.25) is 0 Å². The van der Waals surface area contributed by atoms with Crippen molar-refractivity contribution < 1.29 is 4.79 Å². The topological polar surface area (TPSA) is 47.9 Å². The molecule has 1 amide bonds. The zero-order valence-electron chi connectivity index (χ0n) is 14.9. The number of likely N-dealkylation sites (tertiary alicyclic amines) is 1. The highest BCUT2D eigenvalue weighted by molar-refractivity contribution is 5.93. The molecule has 1 heterocycles. The largest absolute Gasteiger partial charge is 0.352 e. The lowest BCUT2D eigenvalue weighted by molar-refractivity contribution is 0.0827. The Morgan fingerprint density at radius 2 is 1.96 bits per heavy atom. The van der Waals surface area contributed by atoms with Gasteiger partial charge in [-0.1, -0.05) is 26.0 Å². The van der Waals surface area contributed by atoms with Gasteiger partial charge in [0.1, 0.15) is 0 Å². The van der Waals surface area contributed by atoms with Crippen LogP contribution >= 0.6 is 0 Å². The van der Waals surface area contributed by atoms with E-state index in [-0.39, 0.29) is 5.91 Å². The van der Waals surface area contributed by atoms with Gasteiger partial charge in [-0.25, -0.2) is 0 Å². The Balaban J connectivity index is 1.93. The first kappa shape index (κ1) is 17.3. The first-order chi connectivity index (χ1) is 10.8. The summed E-state index contributed by atoms with van der Waals surface area (Å²) >= 11 is 0. The minimum absolute atomic E-state index is 0.0274. The van der Waals surface area contributed by atoms with E-state index in [9.17, 15) is 4.79 Å². The van der Waals surface area contributed by atoms with Crippen LogP contribution in [0.3, 0.4) is 0 Å². The average Bonchev–Trinajstić information content (AvgIpc) is 2.87. The predicted octanol–water partition coefficient (Wildman–Crippen LogP) is 2.20. The van der Waals surface area contributed by atoms with Crippen LogP contribution in [0.2, 0.25) is 0 Å². The van der Waals surface area contributed by atoms with Crippen molar-refractivity contribution in [1.82, 2.24) is 15.1 Å². The van der Waals surface area contributed by atoms with Gasteiger partial charge in [0, 0.05) is 46.3 Å². The Morgan fingerprint density at radius 1 is 1.30 bits per heavy atom. The lowest BCUT2D eigenvalue weighted by Crippen LogP contribution is -2.40. The molecule has 1 fully saturated rings. The van der Waals surface area contributed by atoms with Gasteiger partial charge in [-0.15, -0.1) is 0 Å². The first-order valence-corrected chi connectivity index (χ1v) is 8.08. The van der Waals surface area contributed by atoms with Crippen LogP contribution in [0.1, 0.15) is 36.2 Å². The molecule has 5 nitrogen and oxygen atoms in total. The summed E-state index contributed by atoms with van der Waals surface area (Å²) < 4.78 is 0. The predicted molar refractivity (Wildman–Crippen MR) is 94.6 cm³/mol. The summed E-state index contributed by atoms with van der Waals surface area (Å²) in [5.74, 6) is 0.976. The quantitative estimate of drug-likeness (QED) is 0.687. The summed E-state index contributed by atoms with van der Waals surface area (Å²) in [6.45, 7) is 7.37. The minimum Gasteiger partial charge on any atom is -0.352 e. The minimum atomic E-state index is 0.0274. The molecule has 1 N–H and O–H groups in total. The van der Waals surface area contributed by atoms with Crippen LogP contribution in [-0.2, 0) is 6.54 Å². The van der Waals surface area contributed by atoms with E-state index < -0.39 is 0 Å². The van der Waals surface area contributed by atoms with Crippen molar-refractivity contribution in [3.05, 3.63) is 35.4 Å². The van der Waals surface area contributed by atoms with Crippen LogP contribution in [0.5, 0.6) is 0 Å². The second-order valence-corrected chi connectivity index (χ2v) is 7.13. The monoisotopic (exact) mass is 316 g/mol. The molecule has 0 spiro atoms. The van der Waals surface area contributed by atoms with Gasteiger partial charge >= 0.3 is 0 Å². The molecule has 0 unspecified atom stereocenters. The fourth-order valence-corrected chi connectivity index (χ4v) is 2.83. The summed E-state index contributed by atoms with van der Waals surface area (Å²) in [4.78, 5) is 20.2. The third kappa shape index (κ3) is 4.47. The lowest BCUT2D eigenvalue weighted by atomic mass is 9.93. The third-order valence-corrected chi connectivity index (χ3v) is 4.25. The number of guanidine groups is 1. The van der Waals surface area contributed by atoms with Gasteiger partial charge in [0.05, 0.1) is 0 Å². The van der Waals surface area contributed by atoms with Crippen LogP contribution in [0.4, 0.5) is 0 Å². The van der Waals surface area contributed by atoms with Crippen molar-refractivity contribution in [2.45, 2.75) is 26.8 Å². The van der Waals surface area contributed by atoms with Crippen molar-refractivity contribution in [2.75, 3.05) is 34.2 Å². The Morgan fingerprint density at radius 3 is 2.43 bits per heavy atom. The summed E-state index contributed by atoms with van der Waals surface area (Å²) in [5.41, 5.74) is 2.20. The SMILES string of the molecule is CN=C(NCc1ccc(C(=O)N(C)C)cc1)N1CCC(C)(C)C1. The molecule has 0 aromatic heterocycles. The van der Waals surface area contributed by atoms with Crippen LogP contribution in [0, 0.1) is 5.41 Å². The molecule has 0 atom stereocenters. The van der Waals surface area contributed by atoms with E-state index in [0.717, 1.165) is 24.6 Å². The number of nitrogens with zero attached hydrogens (tertiary/aromatic N) is 3. The molecule has 23 heavy (non-hydrogen) atoms. The highest BCUT2D eigenvalue weighted by Crippen LogP contribution is 2.28. The zero-order valence-corrected chi connectivity index (χ0v) is 14.9. The number of rotatable bonds is 3. The molecule has 0 radical (unpaired) electrons. The summed E-state index contributed by atoms with van der Waals surface area (Å²) in [6.07, 6.45) is 1.19. The smallest absolute Gasteiger partial charge is 0.253 e. The van der Waals surface area contributed by atoms with E-state index in [0.29, 0.717) is 17.5 Å². The van der Waals surface area contributed by atoms with Gasteiger partial charge in [0.25, 0.3) is 5.91 Å². The van der Waals surface area contributed by atoms with Crippen molar-refractivity contribution in [3.63, 3.8) is 0 Å². The Labute approximate surface area is 139 Å². The molecular weight excluding hydrogens is 288 g/mol. The number of amides is 1. The Hall–Kier alpha value is -2.04. The number of aliphatic imine (C=N–C) groups is 1. The van der Waals surface area contributed by atoms with Gasteiger partial charge in [0.15, 0.2) is 5.96 Å². The fraction of sp³-hybridized carbons (Fsp3) is 0.556. The number of hydrogen-bond donors (Lipinski definition) is 1. The molecule has 126 valence electrons. The maximum atomic E-state index is 11.9. The Kier molecular flexibility index (Phi) is 5.29. The molecule has 1 aromatic carbocycles. The van der Waals surface area contributed by atoms with Crippen LogP contribution in [0.25, 0.3) is 0 Å². The number of nitrogens with one attached hydrogen (secondary N) is 1. The third-order valence-electron chi connectivity index (χ3n) is 4.25. The fourth-order valence-electron chi connectivity index (χ4n) is 2.83. The second-order valence-electron chi connectivity index (χ2n) is 7.13. The van der Waals surface area contributed by atoms with Crippen molar-refractivity contribution in [2.24, 2.45) is 10.4 Å². The molecule has 1 aliphatic heterocycles. The molecule has 1 saturated heterocycles. The van der Waals surface area contributed by atoms with Gasteiger partial charge < -0.3 is 15.1 Å². The van der Waals surface area contributed by atoms with Gasteiger partial charge in [-0.2, -0.15) is 0 Å².